The first-order valence-electron chi connectivity index (χ1n) is 12.6. The van der Waals surface area contributed by atoms with Crippen LogP contribution in [0, 0.1) is 17.4 Å². The average Bonchev–Trinajstić information content (AvgIpc) is 3.25. The third-order valence-electron chi connectivity index (χ3n) is 7.43. The molecule has 1 unspecified atom stereocenters. The number of likely N-dealkylation sites (tertiary alicyclic amines) is 1. The van der Waals surface area contributed by atoms with Crippen molar-refractivity contribution in [2.24, 2.45) is 5.92 Å². The van der Waals surface area contributed by atoms with Gasteiger partial charge in [0.25, 0.3) is 0 Å². The van der Waals surface area contributed by atoms with Crippen LogP contribution in [0.2, 0.25) is 5.02 Å². The Balaban J connectivity index is 1.25. The molecule has 5 rings (SSSR count). The maximum Gasteiger partial charge on any atom is 0.179 e. The summed E-state index contributed by atoms with van der Waals surface area (Å²) in [4.78, 5) is 8.87. The molecule has 1 N–H and O–H groups in total. The smallest absolute Gasteiger partial charge is 0.179 e. The van der Waals surface area contributed by atoms with Gasteiger partial charge in [-0.3, -0.25) is 4.90 Å². The number of nitriles is 1. The van der Waals surface area contributed by atoms with Crippen molar-refractivity contribution in [3.05, 3.63) is 88.5 Å². The summed E-state index contributed by atoms with van der Waals surface area (Å²) in [5, 5.41) is 13.8. The van der Waals surface area contributed by atoms with Crippen molar-refractivity contribution in [1.82, 2.24) is 24.7 Å². The second-order valence-electron chi connectivity index (χ2n) is 9.81. The van der Waals surface area contributed by atoms with Crippen molar-refractivity contribution >= 4 is 11.6 Å². The standard InChI is InChI=1S/C28H33ClN6/c29-25-7-5-22(6-8-25)17-34-14-11-24-3-1-2-4-27(24)28(19-34)32-16-26-15-31-21-35(26)18-23-9-12-33(20-30)13-10-23/h1-8,15,21,23,28,32H,9-14,16-19H2. The van der Waals surface area contributed by atoms with E-state index in [-0.39, 0.29) is 6.04 Å². The number of nitrogens with one attached hydrogen (secondary N) is 1. The van der Waals surface area contributed by atoms with Gasteiger partial charge in [0.2, 0.25) is 0 Å². The van der Waals surface area contributed by atoms with Crippen LogP contribution in [0.25, 0.3) is 0 Å². The van der Waals surface area contributed by atoms with Crippen LogP contribution in [0.1, 0.15) is 41.3 Å². The molecule has 182 valence electrons. The highest BCUT2D eigenvalue weighted by Crippen LogP contribution is 2.26. The van der Waals surface area contributed by atoms with Gasteiger partial charge in [0.05, 0.1) is 12.0 Å². The van der Waals surface area contributed by atoms with E-state index in [9.17, 15) is 0 Å². The van der Waals surface area contributed by atoms with Gasteiger partial charge in [0, 0.05) is 63.1 Å². The fourth-order valence-electron chi connectivity index (χ4n) is 5.38. The van der Waals surface area contributed by atoms with Gasteiger partial charge < -0.3 is 14.8 Å². The van der Waals surface area contributed by atoms with E-state index in [1.54, 1.807) is 0 Å². The summed E-state index contributed by atoms with van der Waals surface area (Å²) in [7, 11) is 0. The van der Waals surface area contributed by atoms with Crippen LogP contribution in [0.15, 0.2) is 61.1 Å². The van der Waals surface area contributed by atoms with Crippen molar-refractivity contribution in [2.45, 2.75) is 44.9 Å². The van der Waals surface area contributed by atoms with Gasteiger partial charge in [-0.25, -0.2) is 4.98 Å². The maximum atomic E-state index is 9.12. The van der Waals surface area contributed by atoms with E-state index in [2.05, 4.69) is 62.4 Å². The molecule has 0 bridgehead atoms. The number of hydrogen-bond donors (Lipinski definition) is 1. The molecule has 2 aromatic carbocycles. The minimum atomic E-state index is 0.253. The Labute approximate surface area is 213 Å². The minimum Gasteiger partial charge on any atom is -0.333 e. The number of imidazole rings is 1. The van der Waals surface area contributed by atoms with E-state index < -0.39 is 0 Å². The lowest BCUT2D eigenvalue weighted by atomic mass is 9.97. The Bertz CT molecular complexity index is 1140. The van der Waals surface area contributed by atoms with Crippen LogP contribution < -0.4 is 5.32 Å². The van der Waals surface area contributed by atoms with Crippen LogP contribution in [0.3, 0.4) is 0 Å². The summed E-state index contributed by atoms with van der Waals surface area (Å²) < 4.78 is 2.30. The van der Waals surface area contributed by atoms with Gasteiger partial charge >= 0.3 is 0 Å². The van der Waals surface area contributed by atoms with E-state index in [1.807, 2.05) is 29.6 Å². The predicted octanol–water partition coefficient (Wildman–Crippen LogP) is 4.62. The molecule has 6 nitrogen and oxygen atoms in total. The first-order valence-corrected chi connectivity index (χ1v) is 13.0. The monoisotopic (exact) mass is 488 g/mol. The highest BCUT2D eigenvalue weighted by Gasteiger charge is 2.24. The van der Waals surface area contributed by atoms with Gasteiger partial charge in [0.15, 0.2) is 6.19 Å². The number of rotatable bonds is 7. The molecule has 0 saturated carbocycles. The lowest BCUT2D eigenvalue weighted by molar-refractivity contribution is 0.230. The molecular weight excluding hydrogens is 456 g/mol. The number of aromatic nitrogens is 2. The van der Waals surface area contributed by atoms with Crippen molar-refractivity contribution in [3.63, 3.8) is 0 Å². The zero-order valence-corrected chi connectivity index (χ0v) is 20.9. The number of halogens is 1. The van der Waals surface area contributed by atoms with Gasteiger partial charge in [-0.05, 0) is 54.0 Å². The van der Waals surface area contributed by atoms with E-state index in [0.717, 1.165) is 70.1 Å². The number of benzene rings is 2. The molecule has 0 radical (unpaired) electrons. The Morgan fingerprint density at radius 3 is 2.66 bits per heavy atom. The van der Waals surface area contributed by atoms with Crippen LogP contribution >= 0.6 is 11.6 Å². The summed E-state index contributed by atoms with van der Waals surface area (Å²) in [5.74, 6) is 0.598. The van der Waals surface area contributed by atoms with Crippen LogP contribution in [-0.2, 0) is 26.1 Å². The van der Waals surface area contributed by atoms with Gasteiger partial charge in [-0.1, -0.05) is 48.0 Å². The molecule has 2 aliphatic rings. The molecule has 0 spiro atoms. The lowest BCUT2D eigenvalue weighted by Crippen LogP contribution is -2.34. The molecule has 1 aromatic heterocycles. The highest BCUT2D eigenvalue weighted by molar-refractivity contribution is 6.30. The van der Waals surface area contributed by atoms with Crippen LogP contribution in [0.4, 0.5) is 0 Å². The quantitative estimate of drug-likeness (QED) is 0.492. The molecule has 7 heteroatoms. The Morgan fingerprint density at radius 2 is 1.86 bits per heavy atom. The zero-order chi connectivity index (χ0) is 24.0. The number of fused-ring (bicyclic) bond motifs is 1. The molecule has 3 heterocycles. The normalized spacial score (nSPS) is 19.2. The van der Waals surface area contributed by atoms with E-state index >= 15 is 0 Å². The number of piperidine rings is 1. The van der Waals surface area contributed by atoms with Crippen molar-refractivity contribution < 1.29 is 0 Å². The van der Waals surface area contributed by atoms with E-state index in [1.165, 1.54) is 22.4 Å². The second kappa shape index (κ2) is 11.3. The summed E-state index contributed by atoms with van der Waals surface area (Å²) in [5.41, 5.74) is 5.35. The predicted molar refractivity (Wildman–Crippen MR) is 139 cm³/mol. The van der Waals surface area contributed by atoms with Gasteiger partial charge in [-0.15, -0.1) is 0 Å². The molecule has 0 amide bonds. The largest absolute Gasteiger partial charge is 0.333 e. The Hall–Kier alpha value is -2.85. The van der Waals surface area contributed by atoms with Crippen molar-refractivity contribution in [2.75, 3.05) is 26.2 Å². The zero-order valence-electron chi connectivity index (χ0n) is 20.1. The first kappa shape index (κ1) is 23.9. The molecule has 1 atom stereocenters. The molecule has 1 fully saturated rings. The fraction of sp³-hybridized carbons (Fsp3) is 0.429. The Kier molecular flexibility index (Phi) is 7.68. The van der Waals surface area contributed by atoms with Gasteiger partial charge in [0.1, 0.15) is 0 Å². The summed E-state index contributed by atoms with van der Waals surface area (Å²) in [6.07, 6.45) is 9.42. The number of hydrogen-bond acceptors (Lipinski definition) is 5. The summed E-state index contributed by atoms with van der Waals surface area (Å²) in [6, 6.07) is 17.3. The minimum absolute atomic E-state index is 0.253. The van der Waals surface area contributed by atoms with Crippen LogP contribution in [0.5, 0.6) is 0 Å². The molecular formula is C28H33ClN6. The third-order valence-corrected chi connectivity index (χ3v) is 7.68. The van der Waals surface area contributed by atoms with Crippen molar-refractivity contribution in [1.29, 1.82) is 5.26 Å². The SMILES string of the molecule is N#CN1CCC(Cn2cncc2CNC2CN(Cc3ccc(Cl)cc3)CCc3ccccc32)CC1. The third kappa shape index (κ3) is 6.05. The molecule has 3 aromatic rings. The van der Waals surface area contributed by atoms with E-state index in [4.69, 9.17) is 16.9 Å². The summed E-state index contributed by atoms with van der Waals surface area (Å²) in [6.45, 7) is 6.41. The fourth-order valence-corrected chi connectivity index (χ4v) is 5.50. The van der Waals surface area contributed by atoms with Crippen molar-refractivity contribution in [3.8, 4) is 6.19 Å². The number of nitrogens with zero attached hydrogens (tertiary/aromatic N) is 5. The van der Waals surface area contributed by atoms with Gasteiger partial charge in [-0.2, -0.15) is 5.26 Å². The molecule has 1 saturated heterocycles. The maximum absolute atomic E-state index is 9.12. The average molecular weight is 489 g/mol. The van der Waals surface area contributed by atoms with E-state index in [0.29, 0.717) is 5.92 Å². The lowest BCUT2D eigenvalue weighted by Gasteiger charge is -2.29. The topological polar surface area (TPSA) is 60.1 Å². The highest BCUT2D eigenvalue weighted by atomic mass is 35.5. The molecule has 2 aliphatic heterocycles. The molecule has 35 heavy (non-hydrogen) atoms. The van der Waals surface area contributed by atoms with Crippen LogP contribution in [-0.4, -0.2) is 45.5 Å². The Morgan fingerprint density at radius 1 is 1.06 bits per heavy atom. The first-order chi connectivity index (χ1) is 17.2. The summed E-state index contributed by atoms with van der Waals surface area (Å²) >= 11 is 6.10. The molecule has 0 aliphatic carbocycles. The second-order valence-corrected chi connectivity index (χ2v) is 10.2.